The first kappa shape index (κ1) is 19.6. The highest BCUT2D eigenvalue weighted by Gasteiger charge is 2.23. The molecule has 0 radical (unpaired) electrons. The number of anilines is 2. The van der Waals surface area contributed by atoms with Gasteiger partial charge in [-0.3, -0.25) is 9.78 Å². The average Bonchev–Trinajstić information content (AvgIpc) is 3.36. The number of rotatable bonds is 7. The molecule has 4 rings (SSSR count). The van der Waals surface area contributed by atoms with Gasteiger partial charge < -0.3 is 10.2 Å². The van der Waals surface area contributed by atoms with Gasteiger partial charge in [-0.1, -0.05) is 28.9 Å². The Kier molecular flexibility index (Phi) is 5.92. The molecule has 1 aliphatic rings. The van der Waals surface area contributed by atoms with Crippen molar-refractivity contribution >= 4 is 45.8 Å². The molecule has 0 saturated carbocycles. The second-order valence-corrected chi connectivity index (χ2v) is 8.64. The summed E-state index contributed by atoms with van der Waals surface area (Å²) < 4.78 is 0.632. The second kappa shape index (κ2) is 8.76. The Morgan fingerprint density at radius 2 is 2.03 bits per heavy atom. The summed E-state index contributed by atoms with van der Waals surface area (Å²) >= 11 is 7.21. The van der Waals surface area contributed by atoms with Crippen LogP contribution in [0.15, 0.2) is 59.9 Å². The summed E-state index contributed by atoms with van der Waals surface area (Å²) in [6.45, 7) is 1.96. The van der Waals surface area contributed by atoms with Gasteiger partial charge in [-0.25, -0.2) is 0 Å². The normalized spacial score (nSPS) is 15.7. The Labute approximate surface area is 178 Å². The van der Waals surface area contributed by atoms with Gasteiger partial charge in [-0.2, -0.15) is 0 Å². The number of aryl methyl sites for hydroxylation is 1. The van der Waals surface area contributed by atoms with Crippen LogP contribution in [0.3, 0.4) is 0 Å². The predicted molar refractivity (Wildman–Crippen MR) is 118 cm³/mol. The molecule has 148 valence electrons. The van der Waals surface area contributed by atoms with E-state index in [0.29, 0.717) is 28.5 Å². The summed E-state index contributed by atoms with van der Waals surface area (Å²) in [5.74, 6) is 0.0979. The van der Waals surface area contributed by atoms with Crippen molar-refractivity contribution in [1.82, 2.24) is 4.98 Å². The fourth-order valence-corrected chi connectivity index (χ4v) is 4.18. The zero-order chi connectivity index (χ0) is 20.2. The van der Waals surface area contributed by atoms with Gasteiger partial charge in [0.15, 0.2) is 5.78 Å². The minimum absolute atomic E-state index is 0.0676. The molecule has 0 fully saturated rings. The molecule has 1 aliphatic heterocycles. The highest BCUT2D eigenvalue weighted by atomic mass is 35.5. The van der Waals surface area contributed by atoms with Crippen molar-refractivity contribution < 1.29 is 9.63 Å². The van der Waals surface area contributed by atoms with E-state index in [1.165, 1.54) is 11.3 Å². The fourth-order valence-electron chi connectivity index (χ4n) is 3.17. The van der Waals surface area contributed by atoms with E-state index >= 15 is 0 Å². The first-order valence-corrected chi connectivity index (χ1v) is 10.6. The molecule has 0 saturated heterocycles. The van der Waals surface area contributed by atoms with Crippen LogP contribution in [0.5, 0.6) is 0 Å². The lowest BCUT2D eigenvalue weighted by molar-refractivity contribution is 0.0720. The number of aromatic nitrogens is 1. The molecule has 29 heavy (non-hydrogen) atoms. The summed E-state index contributed by atoms with van der Waals surface area (Å²) in [4.78, 5) is 22.7. The summed E-state index contributed by atoms with van der Waals surface area (Å²) in [7, 11) is 0. The Bertz CT molecular complexity index is 1050. The van der Waals surface area contributed by atoms with E-state index in [1.807, 2.05) is 43.3 Å². The van der Waals surface area contributed by atoms with Gasteiger partial charge in [0.25, 0.3) is 0 Å². The second-order valence-electron chi connectivity index (χ2n) is 6.92. The van der Waals surface area contributed by atoms with E-state index in [4.69, 9.17) is 16.4 Å². The third-order valence-electron chi connectivity index (χ3n) is 4.68. The molecular weight excluding hydrogens is 406 g/mol. The van der Waals surface area contributed by atoms with E-state index < -0.39 is 0 Å². The van der Waals surface area contributed by atoms with Gasteiger partial charge in [0.1, 0.15) is 6.10 Å². The largest absolute Gasteiger partial charge is 0.392 e. The number of hydrogen-bond acceptors (Lipinski definition) is 6. The Morgan fingerprint density at radius 1 is 1.21 bits per heavy atom. The van der Waals surface area contributed by atoms with Crippen molar-refractivity contribution in [2.75, 3.05) is 5.32 Å². The van der Waals surface area contributed by atoms with Gasteiger partial charge in [0.05, 0.1) is 14.9 Å². The molecule has 2 aromatic heterocycles. The zero-order valence-corrected chi connectivity index (χ0v) is 17.5. The number of hydrogen-bond donors (Lipinski definition) is 1. The molecule has 5 nitrogen and oxygen atoms in total. The lowest BCUT2D eigenvalue weighted by Crippen LogP contribution is -2.11. The number of nitrogens with one attached hydrogen (secondary N) is 1. The number of Topliss-reactive ketones (excluding diaryl/α,β-unsaturated/α-hetero) is 1. The molecule has 3 heterocycles. The van der Waals surface area contributed by atoms with Crippen molar-refractivity contribution in [2.45, 2.75) is 32.3 Å². The van der Waals surface area contributed by atoms with Crippen molar-refractivity contribution in [3.8, 4) is 0 Å². The van der Waals surface area contributed by atoms with Crippen LogP contribution in [0, 0.1) is 6.92 Å². The standard InChI is InChI=1S/C22H20ClN3O2S/c1-14-12-17(10-11-24-14)25-16-4-2-15(3-5-16)19-13-18(28-26-19)6-7-20(27)21-8-9-22(23)29-21/h2-5,8-12,18H,6-7,13H2,1H3,(H,24,25). The first-order chi connectivity index (χ1) is 14.1. The Morgan fingerprint density at radius 3 is 2.76 bits per heavy atom. The van der Waals surface area contributed by atoms with Crippen LogP contribution in [0.2, 0.25) is 4.34 Å². The van der Waals surface area contributed by atoms with Crippen LogP contribution >= 0.6 is 22.9 Å². The van der Waals surface area contributed by atoms with E-state index in [-0.39, 0.29) is 11.9 Å². The summed E-state index contributed by atoms with van der Waals surface area (Å²) in [5, 5.41) is 7.59. The van der Waals surface area contributed by atoms with Crippen molar-refractivity contribution in [1.29, 1.82) is 0 Å². The minimum atomic E-state index is -0.0676. The SMILES string of the molecule is Cc1cc(Nc2ccc(C3=NOC(CCC(=O)c4ccc(Cl)s4)C3)cc2)ccn1. The number of halogens is 1. The maximum Gasteiger partial charge on any atom is 0.172 e. The van der Waals surface area contributed by atoms with Gasteiger partial charge in [-0.05, 0) is 55.3 Å². The number of carbonyl (C=O) groups excluding carboxylic acids is 1. The average molecular weight is 426 g/mol. The van der Waals surface area contributed by atoms with Crippen molar-refractivity contribution in [3.63, 3.8) is 0 Å². The summed E-state index contributed by atoms with van der Waals surface area (Å²) in [6, 6.07) is 15.6. The van der Waals surface area contributed by atoms with Crippen molar-refractivity contribution in [2.24, 2.45) is 5.16 Å². The molecule has 1 aromatic carbocycles. The lowest BCUT2D eigenvalue weighted by Gasteiger charge is -2.08. The third kappa shape index (κ3) is 5.02. The van der Waals surface area contributed by atoms with Crippen molar-refractivity contribution in [3.05, 3.63) is 75.2 Å². The van der Waals surface area contributed by atoms with Crippen LogP contribution in [0.25, 0.3) is 0 Å². The zero-order valence-electron chi connectivity index (χ0n) is 15.9. The Balaban J connectivity index is 1.30. The molecule has 1 atom stereocenters. The van der Waals surface area contributed by atoms with Crippen LogP contribution in [-0.2, 0) is 4.84 Å². The maximum atomic E-state index is 12.2. The summed E-state index contributed by atoms with van der Waals surface area (Å²) in [6.07, 6.45) is 3.49. The first-order valence-electron chi connectivity index (χ1n) is 9.38. The highest BCUT2D eigenvalue weighted by Crippen LogP contribution is 2.26. The highest BCUT2D eigenvalue weighted by molar-refractivity contribution is 7.18. The number of thiophene rings is 1. The molecule has 1 N–H and O–H groups in total. The lowest BCUT2D eigenvalue weighted by atomic mass is 10.0. The van der Waals surface area contributed by atoms with E-state index in [2.05, 4.69) is 15.5 Å². The van der Waals surface area contributed by atoms with E-state index in [0.717, 1.165) is 28.3 Å². The molecule has 0 bridgehead atoms. The predicted octanol–water partition coefficient (Wildman–Crippen LogP) is 6.00. The molecular formula is C22H20ClN3O2S. The number of oxime groups is 1. The van der Waals surface area contributed by atoms with Crippen LogP contribution in [0.1, 0.15) is 40.2 Å². The van der Waals surface area contributed by atoms with Gasteiger partial charge in [0.2, 0.25) is 0 Å². The van der Waals surface area contributed by atoms with Gasteiger partial charge in [0, 0.05) is 36.1 Å². The number of benzene rings is 1. The van der Waals surface area contributed by atoms with Gasteiger partial charge >= 0.3 is 0 Å². The van der Waals surface area contributed by atoms with Crippen LogP contribution in [0.4, 0.5) is 11.4 Å². The van der Waals surface area contributed by atoms with Crippen LogP contribution < -0.4 is 5.32 Å². The fraction of sp³-hybridized carbons (Fsp3) is 0.227. The maximum absolute atomic E-state index is 12.2. The molecule has 7 heteroatoms. The molecule has 1 unspecified atom stereocenters. The molecule has 0 spiro atoms. The van der Waals surface area contributed by atoms with Crippen LogP contribution in [-0.4, -0.2) is 22.6 Å². The topological polar surface area (TPSA) is 63.6 Å². The smallest absolute Gasteiger partial charge is 0.172 e. The Hall–Kier alpha value is -2.70. The summed E-state index contributed by atoms with van der Waals surface area (Å²) in [5.41, 5.74) is 4.91. The van der Waals surface area contributed by atoms with Gasteiger partial charge in [-0.15, -0.1) is 11.3 Å². The monoisotopic (exact) mass is 425 g/mol. The number of ketones is 1. The number of nitrogens with zero attached hydrogens (tertiary/aromatic N) is 2. The van der Waals surface area contributed by atoms with E-state index in [1.54, 1.807) is 18.3 Å². The number of pyridine rings is 1. The minimum Gasteiger partial charge on any atom is -0.392 e. The molecule has 3 aromatic rings. The molecule has 0 amide bonds. The molecule has 0 aliphatic carbocycles. The quantitative estimate of drug-likeness (QED) is 0.471. The number of carbonyl (C=O) groups is 1. The van der Waals surface area contributed by atoms with E-state index in [9.17, 15) is 4.79 Å². The third-order valence-corrected chi connectivity index (χ3v) is 5.95.